The summed E-state index contributed by atoms with van der Waals surface area (Å²) < 4.78 is 0. The largest absolute Gasteiger partial charge is 0.393 e. The van der Waals surface area contributed by atoms with Gasteiger partial charge in [0.25, 0.3) is 0 Å². The average Bonchev–Trinajstić information content (AvgIpc) is 1.66. The van der Waals surface area contributed by atoms with Crippen LogP contribution in [0.5, 0.6) is 0 Å². The van der Waals surface area contributed by atoms with E-state index < -0.39 is 0 Å². The van der Waals surface area contributed by atoms with E-state index in [1.807, 2.05) is 11.8 Å². The Morgan fingerprint density at radius 1 is 1.75 bits per heavy atom. The molecule has 0 bridgehead atoms. The van der Waals surface area contributed by atoms with Crippen molar-refractivity contribution in [3.05, 3.63) is 0 Å². The minimum Gasteiger partial charge on any atom is -0.393 e. The molecule has 0 heterocycles. The van der Waals surface area contributed by atoms with E-state index in [0.29, 0.717) is 4.99 Å². The van der Waals surface area contributed by atoms with E-state index in [2.05, 4.69) is 18.5 Å². The number of hydrogen-bond acceptors (Lipinski definition) is 2. The van der Waals surface area contributed by atoms with Crippen molar-refractivity contribution in [2.24, 2.45) is 5.73 Å². The standard InChI is InChI=1S/C5H11NS2/c1-8-4-2-3-5(6)7/h2-4H2,1H3,(H2,6,7). The summed E-state index contributed by atoms with van der Waals surface area (Å²) in [6.07, 6.45) is 4.10. The molecule has 0 saturated heterocycles. The molecule has 0 aromatic rings. The van der Waals surface area contributed by atoms with Crippen LogP contribution in [0.1, 0.15) is 12.8 Å². The summed E-state index contributed by atoms with van der Waals surface area (Å²) >= 11 is 6.51. The van der Waals surface area contributed by atoms with Crippen LogP contribution in [0.2, 0.25) is 0 Å². The topological polar surface area (TPSA) is 26.0 Å². The fourth-order valence-corrected chi connectivity index (χ4v) is 0.968. The number of rotatable bonds is 4. The van der Waals surface area contributed by atoms with Crippen LogP contribution in [0.4, 0.5) is 0 Å². The third-order valence-corrected chi connectivity index (χ3v) is 1.67. The van der Waals surface area contributed by atoms with E-state index in [1.54, 1.807) is 0 Å². The maximum absolute atomic E-state index is 5.26. The highest BCUT2D eigenvalue weighted by Gasteiger charge is 1.86. The number of nitrogens with two attached hydrogens (primary N) is 1. The van der Waals surface area contributed by atoms with E-state index in [9.17, 15) is 0 Å². The number of hydrogen-bond donors (Lipinski definition) is 1. The van der Waals surface area contributed by atoms with Gasteiger partial charge in [0.2, 0.25) is 0 Å². The Morgan fingerprint density at radius 2 is 2.38 bits per heavy atom. The van der Waals surface area contributed by atoms with Crippen molar-refractivity contribution >= 4 is 29.0 Å². The molecule has 0 amide bonds. The molecule has 0 aliphatic rings. The molecule has 2 N–H and O–H groups in total. The van der Waals surface area contributed by atoms with Crippen LogP contribution in [0, 0.1) is 0 Å². The summed E-state index contributed by atoms with van der Waals surface area (Å²) in [5.41, 5.74) is 5.26. The zero-order valence-electron chi connectivity index (χ0n) is 5.02. The normalized spacial score (nSPS) is 9.12. The van der Waals surface area contributed by atoms with Gasteiger partial charge in [0.15, 0.2) is 0 Å². The molecule has 8 heavy (non-hydrogen) atoms. The quantitative estimate of drug-likeness (QED) is 0.483. The van der Waals surface area contributed by atoms with Gasteiger partial charge in [0, 0.05) is 0 Å². The van der Waals surface area contributed by atoms with Crippen LogP contribution >= 0.6 is 24.0 Å². The lowest BCUT2D eigenvalue weighted by molar-refractivity contribution is 1.01. The second kappa shape index (κ2) is 5.38. The zero-order valence-corrected chi connectivity index (χ0v) is 6.65. The molecule has 0 atom stereocenters. The van der Waals surface area contributed by atoms with Gasteiger partial charge in [-0.05, 0) is 24.9 Å². The highest BCUT2D eigenvalue weighted by atomic mass is 32.2. The monoisotopic (exact) mass is 149 g/mol. The second-order valence-corrected chi connectivity index (χ2v) is 3.07. The van der Waals surface area contributed by atoms with Crippen LogP contribution in [0.15, 0.2) is 0 Å². The van der Waals surface area contributed by atoms with Gasteiger partial charge >= 0.3 is 0 Å². The first-order chi connectivity index (χ1) is 3.77. The van der Waals surface area contributed by atoms with E-state index in [0.717, 1.165) is 18.6 Å². The van der Waals surface area contributed by atoms with Gasteiger partial charge in [-0.25, -0.2) is 0 Å². The van der Waals surface area contributed by atoms with Gasteiger partial charge in [0.05, 0.1) is 4.99 Å². The fourth-order valence-electron chi connectivity index (χ4n) is 0.391. The summed E-state index contributed by atoms with van der Waals surface area (Å²) in [6, 6.07) is 0. The summed E-state index contributed by atoms with van der Waals surface area (Å²) in [5, 5.41) is 0. The molecule has 1 nitrogen and oxygen atoms in total. The van der Waals surface area contributed by atoms with Gasteiger partial charge in [-0.15, -0.1) is 0 Å². The van der Waals surface area contributed by atoms with Crippen LogP contribution in [0.25, 0.3) is 0 Å². The number of thiocarbonyl (C=S) groups is 1. The van der Waals surface area contributed by atoms with Crippen LogP contribution in [-0.2, 0) is 0 Å². The summed E-state index contributed by atoms with van der Waals surface area (Å²) in [5.74, 6) is 1.16. The molecule has 0 fully saturated rings. The van der Waals surface area contributed by atoms with Crippen molar-refractivity contribution in [1.29, 1.82) is 0 Å². The molecular weight excluding hydrogens is 138 g/mol. The van der Waals surface area contributed by atoms with E-state index in [4.69, 9.17) is 5.73 Å². The Bertz CT molecular complexity index is 72.8. The van der Waals surface area contributed by atoms with E-state index in [-0.39, 0.29) is 0 Å². The minimum atomic E-state index is 0.638. The van der Waals surface area contributed by atoms with Crippen LogP contribution in [0.3, 0.4) is 0 Å². The molecule has 3 heteroatoms. The van der Waals surface area contributed by atoms with Crippen molar-refractivity contribution in [2.45, 2.75) is 12.8 Å². The molecule has 0 saturated carbocycles. The molecule has 48 valence electrons. The zero-order chi connectivity index (χ0) is 6.41. The third-order valence-electron chi connectivity index (χ3n) is 0.772. The van der Waals surface area contributed by atoms with Gasteiger partial charge in [-0.1, -0.05) is 12.2 Å². The molecular formula is C5H11NS2. The lowest BCUT2D eigenvalue weighted by atomic mass is 10.3. The SMILES string of the molecule is CSCCCC(N)=S. The smallest absolute Gasteiger partial charge is 0.0727 e. The van der Waals surface area contributed by atoms with Crippen LogP contribution < -0.4 is 5.73 Å². The average molecular weight is 149 g/mol. The second-order valence-electron chi connectivity index (χ2n) is 1.56. The summed E-state index contributed by atoms with van der Waals surface area (Å²) in [4.78, 5) is 0.638. The van der Waals surface area contributed by atoms with Crippen molar-refractivity contribution in [3.8, 4) is 0 Å². The Labute approximate surface area is 60.0 Å². The molecule has 0 unspecified atom stereocenters. The third kappa shape index (κ3) is 6.24. The highest BCUT2D eigenvalue weighted by Crippen LogP contribution is 1.98. The maximum Gasteiger partial charge on any atom is 0.0727 e. The molecule has 0 aromatic heterocycles. The Morgan fingerprint density at radius 3 is 2.75 bits per heavy atom. The van der Waals surface area contributed by atoms with Gasteiger partial charge in [0.1, 0.15) is 0 Å². The Balaban J connectivity index is 2.82. The molecule has 0 spiro atoms. The first-order valence-electron chi connectivity index (χ1n) is 2.54. The summed E-state index contributed by atoms with van der Waals surface area (Å²) in [7, 11) is 0. The van der Waals surface area contributed by atoms with Crippen molar-refractivity contribution in [1.82, 2.24) is 0 Å². The fraction of sp³-hybridized carbons (Fsp3) is 0.800. The predicted octanol–water partition coefficient (Wildman–Crippen LogP) is 1.42. The van der Waals surface area contributed by atoms with E-state index in [1.165, 1.54) is 0 Å². The van der Waals surface area contributed by atoms with E-state index >= 15 is 0 Å². The molecule has 0 rings (SSSR count). The van der Waals surface area contributed by atoms with Crippen molar-refractivity contribution in [3.63, 3.8) is 0 Å². The predicted molar refractivity (Wildman–Crippen MR) is 44.4 cm³/mol. The van der Waals surface area contributed by atoms with Gasteiger partial charge in [-0.3, -0.25) is 0 Å². The maximum atomic E-state index is 5.26. The molecule has 0 aliphatic carbocycles. The van der Waals surface area contributed by atoms with Gasteiger partial charge in [-0.2, -0.15) is 11.8 Å². The highest BCUT2D eigenvalue weighted by molar-refractivity contribution is 7.98. The van der Waals surface area contributed by atoms with Crippen molar-refractivity contribution in [2.75, 3.05) is 12.0 Å². The number of thioether (sulfide) groups is 1. The summed E-state index contributed by atoms with van der Waals surface area (Å²) in [6.45, 7) is 0. The first kappa shape index (κ1) is 8.24. The Kier molecular flexibility index (Phi) is 5.54. The van der Waals surface area contributed by atoms with Crippen LogP contribution in [-0.4, -0.2) is 17.0 Å². The first-order valence-corrected chi connectivity index (χ1v) is 4.35. The van der Waals surface area contributed by atoms with Crippen molar-refractivity contribution < 1.29 is 0 Å². The Hall–Kier alpha value is 0.240. The lowest BCUT2D eigenvalue weighted by Crippen LogP contribution is -2.07. The minimum absolute atomic E-state index is 0.638. The lowest BCUT2D eigenvalue weighted by Gasteiger charge is -1.93. The molecule has 0 aromatic carbocycles. The van der Waals surface area contributed by atoms with Gasteiger partial charge < -0.3 is 5.73 Å². The molecule has 0 aliphatic heterocycles. The molecule has 0 radical (unpaired) electrons.